The van der Waals surface area contributed by atoms with E-state index in [-0.39, 0.29) is 23.7 Å². The van der Waals surface area contributed by atoms with Crippen LogP contribution >= 0.6 is 0 Å². The molecule has 0 bridgehead atoms. The number of anilines is 2. The molecule has 3 aliphatic heterocycles. The van der Waals surface area contributed by atoms with E-state index < -0.39 is 11.6 Å². The summed E-state index contributed by atoms with van der Waals surface area (Å²) >= 11 is 0. The highest BCUT2D eigenvalue weighted by molar-refractivity contribution is 5.79. The van der Waals surface area contributed by atoms with Gasteiger partial charge >= 0.3 is 0 Å². The number of carbonyl (C=O) groups is 1. The lowest BCUT2D eigenvalue weighted by molar-refractivity contribution is -0.138. The fourth-order valence-electron chi connectivity index (χ4n) is 5.03. The molecule has 3 fully saturated rings. The molecule has 0 unspecified atom stereocenters. The van der Waals surface area contributed by atoms with Crippen LogP contribution in [0.2, 0.25) is 0 Å². The quantitative estimate of drug-likeness (QED) is 0.642. The number of nitrogens with zero attached hydrogens (tertiary/aromatic N) is 5. The summed E-state index contributed by atoms with van der Waals surface area (Å²) < 4.78 is 38.1. The van der Waals surface area contributed by atoms with Crippen molar-refractivity contribution >= 4 is 17.5 Å². The molecule has 3 saturated heterocycles. The Morgan fingerprint density at radius 3 is 2.20 bits per heavy atom. The summed E-state index contributed by atoms with van der Waals surface area (Å²) in [7, 11) is 0. The van der Waals surface area contributed by atoms with Gasteiger partial charge in [0.1, 0.15) is 29.9 Å². The van der Waals surface area contributed by atoms with E-state index in [1.807, 2.05) is 11.0 Å². The Balaban J connectivity index is 1.10. The number of hydrogen-bond donors (Lipinski definition) is 0. The highest BCUT2D eigenvalue weighted by atomic mass is 19.1. The fourth-order valence-corrected chi connectivity index (χ4v) is 5.03. The zero-order chi connectivity index (χ0) is 24.2. The third kappa shape index (κ3) is 5.63. The third-order valence-electron chi connectivity index (χ3n) is 7.08. The van der Waals surface area contributed by atoms with Gasteiger partial charge in [-0.15, -0.1) is 0 Å². The Hall–Kier alpha value is -3.01. The second kappa shape index (κ2) is 10.7. The van der Waals surface area contributed by atoms with Gasteiger partial charge in [0.25, 0.3) is 0 Å². The average molecular weight is 488 g/mol. The first kappa shape index (κ1) is 23.7. The molecule has 2 aromatic rings. The summed E-state index contributed by atoms with van der Waals surface area (Å²) in [6.07, 6.45) is 4.26. The van der Waals surface area contributed by atoms with Crippen molar-refractivity contribution in [1.29, 1.82) is 0 Å². The van der Waals surface area contributed by atoms with Crippen LogP contribution in [0.1, 0.15) is 25.7 Å². The first-order valence-corrected chi connectivity index (χ1v) is 12.4. The van der Waals surface area contributed by atoms with Crippen LogP contribution in [0.5, 0.6) is 5.75 Å². The summed E-state index contributed by atoms with van der Waals surface area (Å²) in [5, 5.41) is 0. The summed E-state index contributed by atoms with van der Waals surface area (Å²) in [6.45, 7) is 5.79. The number of benzene rings is 1. The number of hydrogen-bond acceptors (Lipinski definition) is 7. The van der Waals surface area contributed by atoms with Gasteiger partial charge in [-0.05, 0) is 25.0 Å². The van der Waals surface area contributed by atoms with E-state index in [0.717, 1.165) is 56.7 Å². The number of aromatic nitrogens is 2. The molecule has 35 heavy (non-hydrogen) atoms. The summed E-state index contributed by atoms with van der Waals surface area (Å²) in [5.41, 5.74) is 0. The Labute approximate surface area is 203 Å². The molecule has 0 radical (unpaired) electrons. The van der Waals surface area contributed by atoms with Crippen molar-refractivity contribution < 1.29 is 23.0 Å². The number of ether oxygens (including phenoxy) is 2. The summed E-state index contributed by atoms with van der Waals surface area (Å²) in [4.78, 5) is 28.4. The van der Waals surface area contributed by atoms with Crippen LogP contribution in [0, 0.1) is 17.6 Å². The molecule has 0 N–H and O–H groups in total. The Kier molecular flexibility index (Phi) is 7.26. The molecule has 1 aromatic carbocycles. The molecule has 4 heterocycles. The predicted octanol–water partition coefficient (Wildman–Crippen LogP) is 2.88. The standard InChI is InChI=1S/C25H31F2N5O3/c26-19-1-2-22(21(27)15-19)35-20-5-9-32(10-6-20)25(33)18-3-7-30(8-4-18)23-16-24(29-17-28-23)31-11-13-34-14-12-31/h1-2,15-18,20H,3-14H2. The molecule has 0 saturated carbocycles. The molecule has 8 nitrogen and oxygen atoms in total. The van der Waals surface area contributed by atoms with Crippen LogP contribution in [0.25, 0.3) is 0 Å². The van der Waals surface area contributed by atoms with Gasteiger partial charge < -0.3 is 24.2 Å². The minimum atomic E-state index is -0.698. The molecule has 10 heteroatoms. The molecule has 0 atom stereocenters. The normalized spacial score (nSPS) is 20.2. The number of halogens is 2. The molecular formula is C25H31F2N5O3. The lowest BCUT2D eigenvalue weighted by Crippen LogP contribution is -2.47. The SMILES string of the molecule is O=C(C1CCN(c2cc(N3CCOCC3)ncn2)CC1)N1CCC(Oc2ccc(F)cc2F)CC1. The number of carbonyl (C=O) groups excluding carboxylic acids is 1. The molecule has 5 rings (SSSR count). The average Bonchev–Trinajstić information content (AvgIpc) is 2.91. The van der Waals surface area contributed by atoms with Crippen molar-refractivity contribution in [2.24, 2.45) is 5.92 Å². The van der Waals surface area contributed by atoms with E-state index in [1.54, 1.807) is 6.33 Å². The Bertz CT molecular complexity index is 1020. The highest BCUT2D eigenvalue weighted by Crippen LogP contribution is 2.28. The second-order valence-corrected chi connectivity index (χ2v) is 9.31. The van der Waals surface area contributed by atoms with Gasteiger partial charge in [0.15, 0.2) is 11.6 Å². The zero-order valence-corrected chi connectivity index (χ0v) is 19.7. The maximum atomic E-state index is 13.9. The van der Waals surface area contributed by atoms with Crippen LogP contribution in [0.15, 0.2) is 30.6 Å². The second-order valence-electron chi connectivity index (χ2n) is 9.31. The lowest BCUT2D eigenvalue weighted by Gasteiger charge is -2.37. The van der Waals surface area contributed by atoms with Gasteiger partial charge in [-0.2, -0.15) is 0 Å². The van der Waals surface area contributed by atoms with Gasteiger partial charge in [-0.25, -0.2) is 18.7 Å². The van der Waals surface area contributed by atoms with Crippen molar-refractivity contribution in [2.45, 2.75) is 31.8 Å². The van der Waals surface area contributed by atoms with Crippen molar-refractivity contribution in [3.63, 3.8) is 0 Å². The van der Waals surface area contributed by atoms with E-state index >= 15 is 0 Å². The minimum Gasteiger partial charge on any atom is -0.487 e. The monoisotopic (exact) mass is 487 g/mol. The van der Waals surface area contributed by atoms with Crippen molar-refractivity contribution in [3.05, 3.63) is 42.2 Å². The fraction of sp³-hybridized carbons (Fsp3) is 0.560. The van der Waals surface area contributed by atoms with E-state index in [1.165, 1.54) is 12.1 Å². The number of rotatable bonds is 5. The van der Waals surface area contributed by atoms with Gasteiger partial charge in [0, 0.05) is 70.2 Å². The first-order valence-electron chi connectivity index (χ1n) is 12.4. The van der Waals surface area contributed by atoms with Gasteiger partial charge in [0.2, 0.25) is 5.91 Å². The lowest BCUT2D eigenvalue weighted by atomic mass is 9.94. The van der Waals surface area contributed by atoms with Crippen molar-refractivity contribution in [1.82, 2.24) is 14.9 Å². The molecule has 1 aromatic heterocycles. The van der Waals surface area contributed by atoms with Gasteiger partial charge in [-0.1, -0.05) is 0 Å². The maximum Gasteiger partial charge on any atom is 0.225 e. The number of amides is 1. The topological polar surface area (TPSA) is 71.0 Å². The Morgan fingerprint density at radius 2 is 1.54 bits per heavy atom. The highest BCUT2D eigenvalue weighted by Gasteiger charge is 2.32. The van der Waals surface area contributed by atoms with Crippen LogP contribution in [-0.2, 0) is 9.53 Å². The van der Waals surface area contributed by atoms with E-state index in [4.69, 9.17) is 9.47 Å². The minimum absolute atomic E-state index is 0.00110. The number of morpholine rings is 1. The van der Waals surface area contributed by atoms with Crippen LogP contribution in [0.3, 0.4) is 0 Å². The number of likely N-dealkylation sites (tertiary alicyclic amines) is 1. The number of piperidine rings is 2. The molecule has 1 amide bonds. The summed E-state index contributed by atoms with van der Waals surface area (Å²) in [5.74, 6) is 0.742. The Morgan fingerprint density at radius 1 is 0.886 bits per heavy atom. The van der Waals surface area contributed by atoms with Crippen molar-refractivity contribution in [3.8, 4) is 5.75 Å². The van der Waals surface area contributed by atoms with E-state index in [2.05, 4.69) is 19.8 Å². The third-order valence-corrected chi connectivity index (χ3v) is 7.08. The summed E-state index contributed by atoms with van der Waals surface area (Å²) in [6, 6.07) is 5.36. The zero-order valence-electron chi connectivity index (χ0n) is 19.7. The first-order chi connectivity index (χ1) is 17.1. The molecular weight excluding hydrogens is 456 g/mol. The van der Waals surface area contributed by atoms with Crippen LogP contribution in [0.4, 0.5) is 20.4 Å². The van der Waals surface area contributed by atoms with E-state index in [9.17, 15) is 13.6 Å². The van der Waals surface area contributed by atoms with Crippen LogP contribution in [-0.4, -0.2) is 79.4 Å². The van der Waals surface area contributed by atoms with Gasteiger partial charge in [-0.3, -0.25) is 4.79 Å². The molecule has 3 aliphatic rings. The van der Waals surface area contributed by atoms with Crippen molar-refractivity contribution in [2.75, 3.05) is 62.3 Å². The largest absolute Gasteiger partial charge is 0.487 e. The molecule has 0 spiro atoms. The maximum absolute atomic E-state index is 13.9. The van der Waals surface area contributed by atoms with E-state index in [0.29, 0.717) is 39.1 Å². The molecule has 188 valence electrons. The van der Waals surface area contributed by atoms with Crippen LogP contribution < -0.4 is 14.5 Å². The smallest absolute Gasteiger partial charge is 0.225 e. The predicted molar refractivity (Wildman–Crippen MR) is 127 cm³/mol. The molecule has 0 aliphatic carbocycles. The van der Waals surface area contributed by atoms with Gasteiger partial charge in [0.05, 0.1) is 13.2 Å².